The number of carbonyl (C=O) groups excluding carboxylic acids is 1. The maximum Gasteiger partial charge on any atom is 0.338 e. The van der Waals surface area contributed by atoms with E-state index in [1.165, 1.54) is 12.8 Å². The zero-order valence-corrected chi connectivity index (χ0v) is 16.0. The molecule has 1 fully saturated rings. The lowest BCUT2D eigenvalue weighted by Gasteiger charge is -2.07. The maximum absolute atomic E-state index is 13.0. The van der Waals surface area contributed by atoms with E-state index in [1.807, 2.05) is 47.2 Å². The molecule has 0 radical (unpaired) electrons. The van der Waals surface area contributed by atoms with Gasteiger partial charge in [0.25, 0.3) is 0 Å². The summed E-state index contributed by atoms with van der Waals surface area (Å²) in [6, 6.07) is 13.4. The predicted molar refractivity (Wildman–Crippen MR) is 108 cm³/mol. The number of rotatable bonds is 8. The molecule has 1 aliphatic rings. The van der Waals surface area contributed by atoms with Crippen LogP contribution in [0.15, 0.2) is 48.7 Å². The topological polar surface area (TPSA) is 40.5 Å². The van der Waals surface area contributed by atoms with Crippen LogP contribution in [0.5, 0.6) is 5.75 Å². The van der Waals surface area contributed by atoms with Crippen LogP contribution in [0.3, 0.4) is 0 Å². The number of aromatic nitrogens is 1. The van der Waals surface area contributed by atoms with Gasteiger partial charge in [0.15, 0.2) is 0 Å². The standard InChI is InChI=1S/C23H24FNO3/c1-2-27-23(26)18-7-10-22-20(13-18)21(14-25(22)12-11-24)17-5-8-19(9-6-17)28-15-16-3-4-16/h5-10,13-14,16H,2-4,11-12,15H2,1H3. The Bertz CT molecular complexity index is 973. The highest BCUT2D eigenvalue weighted by Crippen LogP contribution is 2.33. The van der Waals surface area contributed by atoms with E-state index < -0.39 is 6.67 Å². The van der Waals surface area contributed by atoms with Crippen molar-refractivity contribution in [3.8, 4) is 16.9 Å². The second kappa shape index (κ2) is 8.05. The Labute approximate surface area is 163 Å². The van der Waals surface area contributed by atoms with Crippen LogP contribution in [-0.4, -0.2) is 30.4 Å². The van der Waals surface area contributed by atoms with Crippen LogP contribution in [0.1, 0.15) is 30.1 Å². The Hall–Kier alpha value is -2.82. The van der Waals surface area contributed by atoms with Gasteiger partial charge in [0.05, 0.1) is 25.3 Å². The Morgan fingerprint density at radius 1 is 1.18 bits per heavy atom. The van der Waals surface area contributed by atoms with Crippen LogP contribution < -0.4 is 4.74 Å². The Balaban J connectivity index is 1.69. The first-order valence-electron chi connectivity index (χ1n) is 9.78. The van der Waals surface area contributed by atoms with Gasteiger partial charge in [0.1, 0.15) is 12.4 Å². The Kier molecular flexibility index (Phi) is 5.33. The van der Waals surface area contributed by atoms with Crippen molar-refractivity contribution < 1.29 is 18.7 Å². The van der Waals surface area contributed by atoms with Crippen LogP contribution in [0.2, 0.25) is 0 Å². The number of esters is 1. The SMILES string of the molecule is CCOC(=O)c1ccc2c(c1)c(-c1ccc(OCC3CC3)cc1)cn2CCF. The smallest absolute Gasteiger partial charge is 0.338 e. The zero-order valence-electron chi connectivity index (χ0n) is 16.0. The van der Waals surface area contributed by atoms with Crippen molar-refractivity contribution in [1.82, 2.24) is 4.57 Å². The van der Waals surface area contributed by atoms with E-state index >= 15 is 0 Å². The summed E-state index contributed by atoms with van der Waals surface area (Å²) in [5.41, 5.74) is 3.36. The summed E-state index contributed by atoms with van der Waals surface area (Å²) in [5, 5.41) is 0.908. The third-order valence-electron chi connectivity index (χ3n) is 5.07. The molecule has 0 aliphatic heterocycles. The van der Waals surface area contributed by atoms with Gasteiger partial charge in [-0.25, -0.2) is 9.18 Å². The van der Waals surface area contributed by atoms with Crippen LogP contribution >= 0.6 is 0 Å². The van der Waals surface area contributed by atoms with Crippen LogP contribution in [0, 0.1) is 5.92 Å². The summed E-state index contributed by atoms with van der Waals surface area (Å²) in [7, 11) is 0. The third kappa shape index (κ3) is 3.88. The maximum atomic E-state index is 13.0. The van der Waals surface area contributed by atoms with Crippen LogP contribution in [0.25, 0.3) is 22.0 Å². The summed E-state index contributed by atoms with van der Waals surface area (Å²) in [5.74, 6) is 1.22. The summed E-state index contributed by atoms with van der Waals surface area (Å²) < 4.78 is 25.8. The molecule has 0 saturated heterocycles. The minimum absolute atomic E-state index is 0.276. The molecule has 5 heteroatoms. The first kappa shape index (κ1) is 18.5. The van der Waals surface area contributed by atoms with Crippen molar-refractivity contribution in [3.63, 3.8) is 0 Å². The van der Waals surface area contributed by atoms with E-state index in [-0.39, 0.29) is 12.5 Å². The van der Waals surface area contributed by atoms with Gasteiger partial charge in [0, 0.05) is 22.7 Å². The molecule has 3 aromatic rings. The normalized spacial score (nSPS) is 13.6. The molecule has 4 nitrogen and oxygen atoms in total. The molecule has 1 aliphatic carbocycles. The first-order chi connectivity index (χ1) is 13.7. The third-order valence-corrected chi connectivity index (χ3v) is 5.07. The van der Waals surface area contributed by atoms with Gasteiger partial charge in [-0.15, -0.1) is 0 Å². The fourth-order valence-corrected chi connectivity index (χ4v) is 3.37. The number of benzene rings is 2. The number of hydrogen-bond donors (Lipinski definition) is 0. The molecule has 146 valence electrons. The molecule has 0 N–H and O–H groups in total. The molecule has 0 bridgehead atoms. The molecule has 0 unspecified atom stereocenters. The molecular weight excluding hydrogens is 357 g/mol. The predicted octanol–water partition coefficient (Wildman–Crippen LogP) is 5.24. The molecule has 0 amide bonds. The lowest BCUT2D eigenvalue weighted by Crippen LogP contribution is -2.04. The highest BCUT2D eigenvalue weighted by Gasteiger charge is 2.22. The van der Waals surface area contributed by atoms with E-state index in [0.29, 0.717) is 18.1 Å². The summed E-state index contributed by atoms with van der Waals surface area (Å²) in [6.45, 7) is 2.72. The lowest BCUT2D eigenvalue weighted by molar-refractivity contribution is 0.0526. The van der Waals surface area contributed by atoms with Crippen LogP contribution in [0.4, 0.5) is 4.39 Å². The fraction of sp³-hybridized carbons (Fsp3) is 0.348. The van der Waals surface area contributed by atoms with Crippen LogP contribution in [-0.2, 0) is 11.3 Å². The van der Waals surface area contributed by atoms with E-state index in [0.717, 1.165) is 34.4 Å². The van der Waals surface area contributed by atoms with E-state index in [2.05, 4.69) is 0 Å². The molecule has 0 atom stereocenters. The molecule has 1 saturated carbocycles. The van der Waals surface area contributed by atoms with Crippen molar-refractivity contribution in [2.45, 2.75) is 26.3 Å². The number of halogens is 1. The minimum atomic E-state index is -0.448. The van der Waals surface area contributed by atoms with Gasteiger partial charge in [0.2, 0.25) is 0 Å². The molecule has 2 aromatic carbocycles. The summed E-state index contributed by atoms with van der Waals surface area (Å²) >= 11 is 0. The summed E-state index contributed by atoms with van der Waals surface area (Å²) in [6.07, 6.45) is 4.46. The van der Waals surface area contributed by atoms with Crippen molar-refractivity contribution >= 4 is 16.9 Å². The number of ether oxygens (including phenoxy) is 2. The second-order valence-electron chi connectivity index (χ2n) is 7.16. The van der Waals surface area contributed by atoms with Gasteiger partial charge in [-0.2, -0.15) is 0 Å². The van der Waals surface area contributed by atoms with Crippen molar-refractivity contribution in [2.75, 3.05) is 19.9 Å². The number of nitrogens with zero attached hydrogens (tertiary/aromatic N) is 1. The minimum Gasteiger partial charge on any atom is -0.493 e. The fourth-order valence-electron chi connectivity index (χ4n) is 3.37. The average Bonchev–Trinajstić information content (AvgIpc) is 3.48. The number of aryl methyl sites for hydroxylation is 1. The highest BCUT2D eigenvalue weighted by molar-refractivity contribution is 6.01. The number of alkyl halides is 1. The molecule has 4 rings (SSSR count). The van der Waals surface area contributed by atoms with Gasteiger partial charge >= 0.3 is 5.97 Å². The number of hydrogen-bond acceptors (Lipinski definition) is 3. The number of fused-ring (bicyclic) bond motifs is 1. The Morgan fingerprint density at radius 3 is 2.64 bits per heavy atom. The highest BCUT2D eigenvalue weighted by atomic mass is 19.1. The summed E-state index contributed by atoms with van der Waals surface area (Å²) in [4.78, 5) is 12.1. The largest absolute Gasteiger partial charge is 0.493 e. The first-order valence-corrected chi connectivity index (χ1v) is 9.78. The van der Waals surface area contributed by atoms with E-state index in [9.17, 15) is 9.18 Å². The quantitative estimate of drug-likeness (QED) is 0.501. The molecule has 0 spiro atoms. The van der Waals surface area contributed by atoms with Gasteiger partial charge in [-0.1, -0.05) is 12.1 Å². The molecule has 1 heterocycles. The van der Waals surface area contributed by atoms with Gasteiger partial charge < -0.3 is 14.0 Å². The zero-order chi connectivity index (χ0) is 19.5. The molecule has 1 aromatic heterocycles. The monoisotopic (exact) mass is 381 g/mol. The van der Waals surface area contributed by atoms with E-state index in [1.54, 1.807) is 13.0 Å². The number of carbonyl (C=O) groups is 1. The second-order valence-corrected chi connectivity index (χ2v) is 7.16. The Morgan fingerprint density at radius 2 is 1.96 bits per heavy atom. The lowest BCUT2D eigenvalue weighted by atomic mass is 10.0. The van der Waals surface area contributed by atoms with E-state index in [4.69, 9.17) is 9.47 Å². The molecule has 28 heavy (non-hydrogen) atoms. The van der Waals surface area contributed by atoms with Crippen molar-refractivity contribution in [2.24, 2.45) is 5.92 Å². The molecular formula is C23H24FNO3. The van der Waals surface area contributed by atoms with Crippen molar-refractivity contribution in [1.29, 1.82) is 0 Å². The van der Waals surface area contributed by atoms with Gasteiger partial charge in [-0.05, 0) is 61.6 Å². The average molecular weight is 381 g/mol. The van der Waals surface area contributed by atoms with Crippen molar-refractivity contribution in [3.05, 3.63) is 54.2 Å². The van der Waals surface area contributed by atoms with Gasteiger partial charge in [-0.3, -0.25) is 0 Å².